The number of morpholine rings is 1. The molecule has 26 heavy (non-hydrogen) atoms. The second-order valence-electron chi connectivity index (χ2n) is 6.92. The molecular weight excluding hydrogens is 356 g/mol. The Bertz CT molecular complexity index is 695. The van der Waals surface area contributed by atoms with E-state index in [0.29, 0.717) is 32.1 Å². The van der Waals surface area contributed by atoms with E-state index in [1.807, 2.05) is 27.7 Å². The minimum atomic E-state index is -3.82. The number of ether oxygens (including phenoxy) is 2. The van der Waals surface area contributed by atoms with Gasteiger partial charge in [-0.2, -0.15) is 4.72 Å². The molecule has 0 unspecified atom stereocenters. The molecule has 1 aromatic rings. The summed E-state index contributed by atoms with van der Waals surface area (Å²) in [5.41, 5.74) is 0. The number of rotatable bonds is 7. The van der Waals surface area contributed by atoms with Crippen molar-refractivity contribution in [1.82, 2.24) is 9.62 Å². The summed E-state index contributed by atoms with van der Waals surface area (Å²) in [6.07, 6.45) is 0.00653. The lowest BCUT2D eigenvalue weighted by atomic mass is 10.0. The Morgan fingerprint density at radius 2 is 1.69 bits per heavy atom. The van der Waals surface area contributed by atoms with Crippen molar-refractivity contribution >= 4 is 15.9 Å². The maximum Gasteiger partial charge on any atom is 0.241 e. The van der Waals surface area contributed by atoms with E-state index in [4.69, 9.17) is 9.47 Å². The molecule has 0 spiro atoms. The first-order chi connectivity index (χ1) is 12.2. The average Bonchev–Trinajstić information content (AvgIpc) is 2.59. The zero-order chi connectivity index (χ0) is 19.3. The van der Waals surface area contributed by atoms with Gasteiger partial charge in [0, 0.05) is 13.1 Å². The van der Waals surface area contributed by atoms with Crippen LogP contribution in [0.5, 0.6) is 5.75 Å². The molecule has 146 valence electrons. The van der Waals surface area contributed by atoms with Gasteiger partial charge in [-0.05, 0) is 44.0 Å². The molecule has 1 N–H and O–H groups in total. The molecule has 2 rings (SSSR count). The average molecular weight is 384 g/mol. The van der Waals surface area contributed by atoms with E-state index in [1.165, 1.54) is 12.1 Å². The maximum atomic E-state index is 12.7. The fourth-order valence-corrected chi connectivity index (χ4v) is 3.99. The van der Waals surface area contributed by atoms with Crippen LogP contribution in [0.15, 0.2) is 29.2 Å². The highest BCUT2D eigenvalue weighted by Gasteiger charge is 2.32. The number of benzene rings is 1. The van der Waals surface area contributed by atoms with E-state index >= 15 is 0 Å². The molecule has 1 aliphatic rings. The molecule has 1 aromatic carbocycles. The smallest absolute Gasteiger partial charge is 0.241 e. The monoisotopic (exact) mass is 384 g/mol. The van der Waals surface area contributed by atoms with Crippen molar-refractivity contribution < 1.29 is 22.7 Å². The summed E-state index contributed by atoms with van der Waals surface area (Å²) in [6, 6.07) is 5.38. The molecule has 1 saturated heterocycles. The van der Waals surface area contributed by atoms with Crippen LogP contribution in [0.25, 0.3) is 0 Å². The molecule has 8 heteroatoms. The first-order valence-corrected chi connectivity index (χ1v) is 10.3. The molecule has 7 nitrogen and oxygen atoms in total. The second-order valence-corrected chi connectivity index (χ2v) is 8.63. The second kappa shape index (κ2) is 8.83. The molecule has 1 atom stereocenters. The third kappa shape index (κ3) is 5.43. The Morgan fingerprint density at radius 1 is 1.12 bits per heavy atom. The van der Waals surface area contributed by atoms with E-state index in [9.17, 15) is 13.2 Å². The highest BCUT2D eigenvalue weighted by atomic mass is 32.2. The summed E-state index contributed by atoms with van der Waals surface area (Å²) in [6.45, 7) is 9.35. The van der Waals surface area contributed by atoms with Crippen molar-refractivity contribution in [2.45, 2.75) is 44.7 Å². The van der Waals surface area contributed by atoms with Crippen LogP contribution >= 0.6 is 0 Å². The molecule has 1 amide bonds. The Labute approximate surface area is 155 Å². The predicted octanol–water partition coefficient (Wildman–Crippen LogP) is 1.64. The number of carbonyl (C=O) groups is 1. The van der Waals surface area contributed by atoms with E-state index in [2.05, 4.69) is 4.72 Å². The molecular formula is C18H28N2O5S. The number of hydrogen-bond acceptors (Lipinski definition) is 5. The quantitative estimate of drug-likeness (QED) is 0.772. The Kier molecular flexibility index (Phi) is 7.02. The topological polar surface area (TPSA) is 84.9 Å². The van der Waals surface area contributed by atoms with Crippen LogP contribution in [0, 0.1) is 5.92 Å². The van der Waals surface area contributed by atoms with Crippen molar-refractivity contribution in [3.63, 3.8) is 0 Å². The highest BCUT2D eigenvalue weighted by Crippen LogP contribution is 2.19. The SMILES string of the molecule is CC(C)Oc1ccc(S(=O)(=O)N[C@H](C(=O)N2CCOCC2)C(C)C)cc1. The lowest BCUT2D eigenvalue weighted by molar-refractivity contribution is -0.138. The molecule has 0 radical (unpaired) electrons. The zero-order valence-corrected chi connectivity index (χ0v) is 16.6. The van der Waals surface area contributed by atoms with Gasteiger partial charge < -0.3 is 14.4 Å². The van der Waals surface area contributed by atoms with Crippen molar-refractivity contribution in [1.29, 1.82) is 0 Å². The van der Waals surface area contributed by atoms with Crippen molar-refractivity contribution in [2.24, 2.45) is 5.92 Å². The molecule has 1 fully saturated rings. The summed E-state index contributed by atoms with van der Waals surface area (Å²) in [5, 5.41) is 0. The van der Waals surface area contributed by atoms with Gasteiger partial charge in [-0.1, -0.05) is 13.8 Å². The lowest BCUT2D eigenvalue weighted by Crippen LogP contribution is -2.53. The Hall–Kier alpha value is -1.64. The van der Waals surface area contributed by atoms with E-state index in [-0.39, 0.29) is 22.8 Å². The number of hydrogen-bond donors (Lipinski definition) is 1. The van der Waals surface area contributed by atoms with Gasteiger partial charge in [0.15, 0.2) is 0 Å². The van der Waals surface area contributed by atoms with Gasteiger partial charge in [0.25, 0.3) is 0 Å². The number of nitrogens with one attached hydrogen (secondary N) is 1. The van der Waals surface area contributed by atoms with Crippen LogP contribution < -0.4 is 9.46 Å². The molecule has 0 saturated carbocycles. The molecule has 0 bridgehead atoms. The number of amides is 1. The van der Waals surface area contributed by atoms with Gasteiger partial charge in [-0.15, -0.1) is 0 Å². The summed E-state index contributed by atoms with van der Waals surface area (Å²) >= 11 is 0. The van der Waals surface area contributed by atoms with Crippen molar-refractivity contribution in [3.05, 3.63) is 24.3 Å². The van der Waals surface area contributed by atoms with Crippen LogP contribution in [0.3, 0.4) is 0 Å². The first kappa shape index (κ1) is 20.7. The van der Waals surface area contributed by atoms with E-state index < -0.39 is 16.1 Å². The van der Waals surface area contributed by atoms with Gasteiger partial charge in [-0.25, -0.2) is 8.42 Å². The normalized spacial score (nSPS) is 16.8. The number of nitrogens with zero attached hydrogens (tertiary/aromatic N) is 1. The van der Waals surface area contributed by atoms with E-state index in [0.717, 1.165) is 0 Å². The number of sulfonamides is 1. The molecule has 0 aromatic heterocycles. The Balaban J connectivity index is 2.14. The first-order valence-electron chi connectivity index (χ1n) is 8.86. The van der Waals surface area contributed by atoms with Crippen molar-refractivity contribution in [3.8, 4) is 5.75 Å². The van der Waals surface area contributed by atoms with Crippen LogP contribution in [0.4, 0.5) is 0 Å². The third-order valence-electron chi connectivity index (χ3n) is 4.04. The van der Waals surface area contributed by atoms with Crippen LogP contribution in [-0.2, 0) is 19.6 Å². The highest BCUT2D eigenvalue weighted by molar-refractivity contribution is 7.89. The van der Waals surface area contributed by atoms with E-state index in [1.54, 1.807) is 17.0 Å². The van der Waals surface area contributed by atoms with Gasteiger partial charge >= 0.3 is 0 Å². The minimum absolute atomic E-state index is 0.00653. The van der Waals surface area contributed by atoms with Crippen LogP contribution in [-0.4, -0.2) is 57.7 Å². The Morgan fingerprint density at radius 3 is 2.19 bits per heavy atom. The maximum absolute atomic E-state index is 12.7. The summed E-state index contributed by atoms with van der Waals surface area (Å²) in [5.74, 6) is 0.207. The third-order valence-corrected chi connectivity index (χ3v) is 5.50. The van der Waals surface area contributed by atoms with Crippen molar-refractivity contribution in [2.75, 3.05) is 26.3 Å². The fourth-order valence-electron chi connectivity index (χ4n) is 2.66. The van der Waals surface area contributed by atoms with Gasteiger partial charge in [0.2, 0.25) is 15.9 Å². The largest absolute Gasteiger partial charge is 0.491 e. The van der Waals surface area contributed by atoms with Crippen LogP contribution in [0.2, 0.25) is 0 Å². The van der Waals surface area contributed by atoms with Gasteiger partial charge in [0.1, 0.15) is 11.8 Å². The fraction of sp³-hybridized carbons (Fsp3) is 0.611. The predicted molar refractivity (Wildman–Crippen MR) is 98.6 cm³/mol. The standard InChI is InChI=1S/C18H28N2O5S/c1-13(2)17(18(21)20-9-11-24-12-10-20)19-26(22,23)16-7-5-15(6-8-16)25-14(3)4/h5-8,13-14,17,19H,9-12H2,1-4H3/t17-/m0/s1. The zero-order valence-electron chi connectivity index (χ0n) is 15.8. The molecule has 0 aliphatic carbocycles. The molecule has 1 heterocycles. The van der Waals surface area contributed by atoms with Gasteiger partial charge in [0.05, 0.1) is 24.2 Å². The van der Waals surface area contributed by atoms with Crippen LogP contribution in [0.1, 0.15) is 27.7 Å². The number of carbonyl (C=O) groups excluding carboxylic acids is 1. The lowest BCUT2D eigenvalue weighted by Gasteiger charge is -2.32. The minimum Gasteiger partial charge on any atom is -0.491 e. The van der Waals surface area contributed by atoms with Gasteiger partial charge in [-0.3, -0.25) is 4.79 Å². The molecule has 1 aliphatic heterocycles. The summed E-state index contributed by atoms with van der Waals surface area (Å²) in [7, 11) is -3.82. The summed E-state index contributed by atoms with van der Waals surface area (Å²) in [4.78, 5) is 14.5. The summed E-state index contributed by atoms with van der Waals surface area (Å²) < 4.78 is 38.8.